The maximum absolute atomic E-state index is 12.5. The van der Waals surface area contributed by atoms with E-state index < -0.39 is 0 Å². The SMILES string of the molecule is CC(C)CNC(=O)c1ccnc(C(=O)N(C)c2ccccc2)c1. The summed E-state index contributed by atoms with van der Waals surface area (Å²) in [7, 11) is 1.69. The molecule has 0 atom stereocenters. The monoisotopic (exact) mass is 311 g/mol. The van der Waals surface area contributed by atoms with Crippen molar-refractivity contribution in [2.75, 3.05) is 18.5 Å². The van der Waals surface area contributed by atoms with E-state index in [-0.39, 0.29) is 17.5 Å². The number of benzene rings is 1. The molecule has 120 valence electrons. The lowest BCUT2D eigenvalue weighted by Crippen LogP contribution is -2.29. The molecule has 0 radical (unpaired) electrons. The van der Waals surface area contributed by atoms with Gasteiger partial charge in [0.1, 0.15) is 5.69 Å². The molecule has 5 nitrogen and oxygen atoms in total. The Morgan fingerprint density at radius 1 is 1.17 bits per heavy atom. The van der Waals surface area contributed by atoms with Crippen molar-refractivity contribution < 1.29 is 9.59 Å². The van der Waals surface area contributed by atoms with E-state index in [4.69, 9.17) is 0 Å². The molecular formula is C18H21N3O2. The zero-order chi connectivity index (χ0) is 16.8. The fraction of sp³-hybridized carbons (Fsp3) is 0.278. The first-order chi connectivity index (χ1) is 11.0. The summed E-state index contributed by atoms with van der Waals surface area (Å²) >= 11 is 0. The van der Waals surface area contributed by atoms with Crippen LogP contribution in [0.1, 0.15) is 34.7 Å². The van der Waals surface area contributed by atoms with Crippen LogP contribution in [0.4, 0.5) is 5.69 Å². The van der Waals surface area contributed by atoms with Gasteiger partial charge in [-0.2, -0.15) is 0 Å². The van der Waals surface area contributed by atoms with Gasteiger partial charge in [-0.3, -0.25) is 14.6 Å². The Morgan fingerprint density at radius 2 is 1.87 bits per heavy atom. The molecule has 2 rings (SSSR count). The minimum absolute atomic E-state index is 0.197. The number of anilines is 1. The molecule has 2 amide bonds. The third-order valence-electron chi connectivity index (χ3n) is 3.36. The molecule has 0 aliphatic carbocycles. The zero-order valence-electron chi connectivity index (χ0n) is 13.6. The minimum Gasteiger partial charge on any atom is -0.352 e. The van der Waals surface area contributed by atoms with E-state index >= 15 is 0 Å². The average Bonchev–Trinajstić information content (AvgIpc) is 2.59. The van der Waals surface area contributed by atoms with Gasteiger partial charge in [0.05, 0.1) is 0 Å². The van der Waals surface area contributed by atoms with Crippen LogP contribution in [-0.2, 0) is 0 Å². The molecule has 0 saturated carbocycles. The number of para-hydroxylation sites is 1. The molecule has 0 saturated heterocycles. The third-order valence-corrected chi connectivity index (χ3v) is 3.36. The Bertz CT molecular complexity index is 684. The number of aromatic nitrogens is 1. The number of nitrogens with zero attached hydrogens (tertiary/aromatic N) is 2. The summed E-state index contributed by atoms with van der Waals surface area (Å²) < 4.78 is 0. The molecule has 0 spiro atoms. The van der Waals surface area contributed by atoms with Crippen LogP contribution >= 0.6 is 0 Å². The summed E-state index contributed by atoms with van der Waals surface area (Å²) in [6.07, 6.45) is 1.48. The topological polar surface area (TPSA) is 62.3 Å². The van der Waals surface area contributed by atoms with Crippen molar-refractivity contribution in [2.24, 2.45) is 5.92 Å². The number of pyridine rings is 1. The quantitative estimate of drug-likeness (QED) is 0.923. The number of hydrogen-bond acceptors (Lipinski definition) is 3. The Balaban J connectivity index is 2.16. The van der Waals surface area contributed by atoms with Gasteiger partial charge >= 0.3 is 0 Å². The predicted molar refractivity (Wildman–Crippen MR) is 90.6 cm³/mol. The van der Waals surface area contributed by atoms with Crippen molar-refractivity contribution in [3.05, 3.63) is 59.9 Å². The van der Waals surface area contributed by atoms with E-state index in [1.165, 1.54) is 17.2 Å². The van der Waals surface area contributed by atoms with E-state index in [1.54, 1.807) is 13.1 Å². The predicted octanol–water partition coefficient (Wildman–Crippen LogP) is 2.74. The first-order valence-corrected chi connectivity index (χ1v) is 7.56. The number of nitrogens with one attached hydrogen (secondary N) is 1. The largest absolute Gasteiger partial charge is 0.352 e. The van der Waals surface area contributed by atoms with E-state index in [1.807, 2.05) is 44.2 Å². The van der Waals surface area contributed by atoms with Gasteiger partial charge in [0.15, 0.2) is 0 Å². The molecule has 0 aliphatic heterocycles. The van der Waals surface area contributed by atoms with Crippen LogP contribution in [0.15, 0.2) is 48.7 Å². The molecule has 0 fully saturated rings. The summed E-state index contributed by atoms with van der Waals surface area (Å²) in [6.45, 7) is 4.64. The summed E-state index contributed by atoms with van der Waals surface area (Å²) in [5, 5.41) is 2.83. The summed E-state index contributed by atoms with van der Waals surface area (Å²) in [6, 6.07) is 12.4. The number of rotatable bonds is 5. The van der Waals surface area contributed by atoms with Crippen molar-refractivity contribution in [3.8, 4) is 0 Å². The highest BCUT2D eigenvalue weighted by molar-refractivity contribution is 6.06. The highest BCUT2D eigenvalue weighted by atomic mass is 16.2. The molecule has 1 N–H and O–H groups in total. The van der Waals surface area contributed by atoms with Crippen molar-refractivity contribution in [1.82, 2.24) is 10.3 Å². The fourth-order valence-electron chi connectivity index (χ4n) is 2.03. The van der Waals surface area contributed by atoms with E-state index in [0.717, 1.165) is 5.69 Å². The van der Waals surface area contributed by atoms with Crippen molar-refractivity contribution in [1.29, 1.82) is 0 Å². The molecule has 1 aromatic heterocycles. The Labute approximate surface area is 136 Å². The Hall–Kier alpha value is -2.69. The fourth-order valence-corrected chi connectivity index (χ4v) is 2.03. The first-order valence-electron chi connectivity index (χ1n) is 7.56. The van der Waals surface area contributed by atoms with Crippen LogP contribution in [0.25, 0.3) is 0 Å². The highest BCUT2D eigenvalue weighted by Crippen LogP contribution is 2.14. The number of carbonyl (C=O) groups is 2. The Morgan fingerprint density at radius 3 is 2.52 bits per heavy atom. The van der Waals surface area contributed by atoms with E-state index in [2.05, 4.69) is 10.3 Å². The van der Waals surface area contributed by atoms with Crippen LogP contribution in [0.3, 0.4) is 0 Å². The maximum atomic E-state index is 12.5. The highest BCUT2D eigenvalue weighted by Gasteiger charge is 2.16. The summed E-state index contributed by atoms with van der Waals surface area (Å²) in [5.41, 5.74) is 1.45. The smallest absolute Gasteiger partial charge is 0.276 e. The van der Waals surface area contributed by atoms with Gasteiger partial charge < -0.3 is 10.2 Å². The molecule has 1 aromatic carbocycles. The van der Waals surface area contributed by atoms with Crippen molar-refractivity contribution >= 4 is 17.5 Å². The Kier molecular flexibility index (Phi) is 5.46. The summed E-state index contributed by atoms with van der Waals surface area (Å²) in [5.74, 6) is -0.0849. The molecule has 1 heterocycles. The number of amides is 2. The summed E-state index contributed by atoms with van der Waals surface area (Å²) in [4.78, 5) is 30.2. The minimum atomic E-state index is -0.255. The second-order valence-corrected chi connectivity index (χ2v) is 5.73. The van der Waals surface area contributed by atoms with Crippen LogP contribution in [0.5, 0.6) is 0 Å². The zero-order valence-corrected chi connectivity index (χ0v) is 13.6. The van der Waals surface area contributed by atoms with Gasteiger partial charge in [0.25, 0.3) is 11.8 Å². The molecule has 0 aliphatic rings. The normalized spacial score (nSPS) is 10.4. The van der Waals surface area contributed by atoms with Gasteiger partial charge in [0.2, 0.25) is 0 Å². The molecule has 0 unspecified atom stereocenters. The second kappa shape index (κ2) is 7.54. The van der Waals surface area contributed by atoms with Crippen LogP contribution in [0, 0.1) is 5.92 Å². The van der Waals surface area contributed by atoms with Gasteiger partial charge in [-0.1, -0.05) is 32.0 Å². The standard InChI is InChI=1S/C18H21N3O2/c1-13(2)12-20-17(22)14-9-10-19-16(11-14)18(23)21(3)15-7-5-4-6-8-15/h4-11,13H,12H2,1-3H3,(H,20,22). The maximum Gasteiger partial charge on any atom is 0.276 e. The van der Waals surface area contributed by atoms with Gasteiger partial charge in [-0.05, 0) is 30.2 Å². The molecular weight excluding hydrogens is 290 g/mol. The van der Waals surface area contributed by atoms with Crippen LogP contribution in [-0.4, -0.2) is 30.4 Å². The second-order valence-electron chi connectivity index (χ2n) is 5.73. The molecule has 23 heavy (non-hydrogen) atoms. The van der Waals surface area contributed by atoms with Crippen molar-refractivity contribution in [3.63, 3.8) is 0 Å². The number of carbonyl (C=O) groups excluding carboxylic acids is 2. The molecule has 5 heteroatoms. The average molecular weight is 311 g/mol. The van der Waals surface area contributed by atoms with Gasteiger partial charge in [-0.25, -0.2) is 0 Å². The number of hydrogen-bond donors (Lipinski definition) is 1. The lowest BCUT2D eigenvalue weighted by molar-refractivity contribution is 0.0949. The first kappa shape index (κ1) is 16.7. The van der Waals surface area contributed by atoms with Crippen molar-refractivity contribution in [2.45, 2.75) is 13.8 Å². The van der Waals surface area contributed by atoms with E-state index in [0.29, 0.717) is 18.0 Å². The lowest BCUT2D eigenvalue weighted by Gasteiger charge is -2.17. The van der Waals surface area contributed by atoms with Gasteiger partial charge in [0, 0.05) is 31.0 Å². The molecule has 2 aromatic rings. The van der Waals surface area contributed by atoms with Crippen LogP contribution in [0.2, 0.25) is 0 Å². The third kappa shape index (κ3) is 4.39. The molecule has 0 bridgehead atoms. The lowest BCUT2D eigenvalue weighted by atomic mass is 10.1. The van der Waals surface area contributed by atoms with Crippen LogP contribution < -0.4 is 10.2 Å². The van der Waals surface area contributed by atoms with E-state index in [9.17, 15) is 9.59 Å². The van der Waals surface area contributed by atoms with Gasteiger partial charge in [-0.15, -0.1) is 0 Å².